The first-order valence-electron chi connectivity index (χ1n) is 4.94. The van der Waals surface area contributed by atoms with Crippen LogP contribution in [0.3, 0.4) is 0 Å². The van der Waals surface area contributed by atoms with Gasteiger partial charge in [0, 0.05) is 5.56 Å². The van der Waals surface area contributed by atoms with Crippen molar-refractivity contribution in [2.75, 3.05) is 6.61 Å². The Morgan fingerprint density at radius 2 is 2.20 bits per heavy atom. The maximum absolute atomic E-state index is 5.36. The molecular weight excluding hydrogens is 192 g/mol. The summed E-state index contributed by atoms with van der Waals surface area (Å²) in [5.41, 5.74) is 2.38. The average Bonchev–Trinajstić information content (AvgIpc) is 2.90. The van der Waals surface area contributed by atoms with Crippen LogP contribution in [-0.4, -0.2) is 32.9 Å². The minimum atomic E-state index is 0.172. The summed E-state index contributed by atoms with van der Waals surface area (Å²) in [5.74, 6) is 0.853. The van der Waals surface area contributed by atoms with Crippen molar-refractivity contribution >= 4 is 0 Å². The number of nitrogens with zero attached hydrogens (tertiary/aromatic N) is 4. The quantitative estimate of drug-likeness (QED) is 0.634. The topological polar surface area (TPSA) is 56.1 Å². The fraction of sp³-hybridized carbons (Fsp3) is 0.300. The Morgan fingerprint density at radius 1 is 1.33 bits per heavy atom. The standard InChI is InChI=1S/C10H8N4O/c1-2-4-7-6(3-1)9(8-5-15-8)14-10(7)11-12-13-14/h1-4,8-9H,5H2. The SMILES string of the molecule is c1ccc2c(c1)-c1nnnn1C2C1CO1. The highest BCUT2D eigenvalue weighted by molar-refractivity contribution is 5.65. The van der Waals surface area contributed by atoms with Gasteiger partial charge in [0.05, 0.1) is 6.61 Å². The number of rotatable bonds is 1. The summed E-state index contributed by atoms with van der Waals surface area (Å²) < 4.78 is 7.22. The third kappa shape index (κ3) is 0.880. The third-order valence-electron chi connectivity index (χ3n) is 2.99. The number of tetrazole rings is 1. The molecular formula is C10H8N4O. The molecule has 1 saturated heterocycles. The highest BCUT2D eigenvalue weighted by Gasteiger charge is 2.42. The van der Waals surface area contributed by atoms with Crippen LogP contribution in [0.5, 0.6) is 0 Å². The molecule has 15 heavy (non-hydrogen) atoms. The van der Waals surface area contributed by atoms with Crippen molar-refractivity contribution in [2.45, 2.75) is 12.1 Å². The Hall–Kier alpha value is -1.75. The number of ether oxygens (including phenoxy) is 1. The minimum Gasteiger partial charge on any atom is -0.370 e. The molecule has 0 spiro atoms. The van der Waals surface area contributed by atoms with E-state index in [2.05, 4.69) is 27.7 Å². The Kier molecular flexibility index (Phi) is 1.22. The molecule has 0 saturated carbocycles. The lowest BCUT2D eigenvalue weighted by molar-refractivity contribution is 0.344. The smallest absolute Gasteiger partial charge is 0.183 e. The molecule has 0 amide bonds. The van der Waals surface area contributed by atoms with Gasteiger partial charge in [0.2, 0.25) is 0 Å². The van der Waals surface area contributed by atoms with Gasteiger partial charge >= 0.3 is 0 Å². The van der Waals surface area contributed by atoms with E-state index >= 15 is 0 Å². The molecule has 0 N–H and O–H groups in total. The van der Waals surface area contributed by atoms with Crippen LogP contribution in [0.1, 0.15) is 11.6 Å². The van der Waals surface area contributed by atoms with E-state index in [0.717, 1.165) is 18.0 Å². The molecule has 0 aliphatic carbocycles. The van der Waals surface area contributed by atoms with Gasteiger partial charge in [0.25, 0.3) is 0 Å². The monoisotopic (exact) mass is 200 g/mol. The second-order valence-electron chi connectivity index (χ2n) is 3.85. The highest BCUT2D eigenvalue weighted by atomic mass is 16.6. The molecule has 1 aromatic heterocycles. The van der Waals surface area contributed by atoms with E-state index in [1.165, 1.54) is 5.56 Å². The number of benzene rings is 1. The summed E-state index contributed by atoms with van der Waals surface area (Å²) in [5, 5.41) is 11.8. The molecule has 0 bridgehead atoms. The molecule has 4 rings (SSSR count). The van der Waals surface area contributed by atoms with E-state index in [1.54, 1.807) is 0 Å². The van der Waals surface area contributed by atoms with Crippen LogP contribution < -0.4 is 0 Å². The van der Waals surface area contributed by atoms with Crippen molar-refractivity contribution in [3.8, 4) is 11.4 Å². The second-order valence-corrected chi connectivity index (χ2v) is 3.85. The van der Waals surface area contributed by atoms with Gasteiger partial charge in [-0.05, 0) is 16.0 Å². The number of epoxide rings is 1. The van der Waals surface area contributed by atoms with Crippen LogP contribution in [0, 0.1) is 0 Å². The molecule has 2 atom stereocenters. The van der Waals surface area contributed by atoms with E-state index in [0.29, 0.717) is 0 Å². The van der Waals surface area contributed by atoms with E-state index in [4.69, 9.17) is 4.74 Å². The fourth-order valence-corrected chi connectivity index (χ4v) is 2.24. The lowest BCUT2D eigenvalue weighted by atomic mass is 10.0. The molecule has 74 valence electrons. The van der Waals surface area contributed by atoms with Gasteiger partial charge in [-0.2, -0.15) is 0 Å². The Labute approximate surface area is 85.7 Å². The lowest BCUT2D eigenvalue weighted by Gasteiger charge is -2.08. The van der Waals surface area contributed by atoms with Crippen LogP contribution in [0.15, 0.2) is 24.3 Å². The van der Waals surface area contributed by atoms with Crippen LogP contribution in [0.2, 0.25) is 0 Å². The fourth-order valence-electron chi connectivity index (χ4n) is 2.24. The first-order valence-corrected chi connectivity index (χ1v) is 4.94. The summed E-state index contributed by atoms with van der Waals surface area (Å²) in [6.45, 7) is 0.804. The third-order valence-corrected chi connectivity index (χ3v) is 2.99. The van der Waals surface area contributed by atoms with Crippen LogP contribution in [-0.2, 0) is 4.74 Å². The van der Waals surface area contributed by atoms with Crippen molar-refractivity contribution in [3.63, 3.8) is 0 Å². The minimum absolute atomic E-state index is 0.172. The van der Waals surface area contributed by atoms with E-state index in [9.17, 15) is 0 Å². The largest absolute Gasteiger partial charge is 0.370 e. The molecule has 0 radical (unpaired) electrons. The van der Waals surface area contributed by atoms with Crippen molar-refractivity contribution < 1.29 is 4.74 Å². The average molecular weight is 200 g/mol. The molecule has 2 aliphatic rings. The van der Waals surface area contributed by atoms with Crippen LogP contribution in [0.4, 0.5) is 0 Å². The van der Waals surface area contributed by atoms with Gasteiger partial charge in [-0.3, -0.25) is 0 Å². The maximum Gasteiger partial charge on any atom is 0.183 e. The van der Waals surface area contributed by atoms with Gasteiger partial charge in [0.1, 0.15) is 12.1 Å². The first kappa shape index (κ1) is 7.53. The molecule has 2 unspecified atom stereocenters. The summed E-state index contributed by atoms with van der Waals surface area (Å²) in [6, 6.07) is 8.38. The normalized spacial score (nSPS) is 26.1. The second kappa shape index (κ2) is 2.43. The van der Waals surface area contributed by atoms with Gasteiger partial charge in [-0.15, -0.1) is 5.10 Å². The van der Waals surface area contributed by atoms with E-state index in [1.807, 2.05) is 16.8 Å². The molecule has 3 heterocycles. The zero-order valence-electron chi connectivity index (χ0n) is 7.87. The number of aromatic nitrogens is 4. The van der Waals surface area contributed by atoms with Crippen LogP contribution in [0.25, 0.3) is 11.4 Å². The van der Waals surface area contributed by atoms with Gasteiger partial charge < -0.3 is 4.74 Å². The van der Waals surface area contributed by atoms with Gasteiger partial charge in [-0.1, -0.05) is 24.3 Å². The number of hydrogen-bond acceptors (Lipinski definition) is 4. The highest BCUT2D eigenvalue weighted by Crippen LogP contribution is 2.42. The molecule has 2 aromatic rings. The van der Waals surface area contributed by atoms with Crippen molar-refractivity contribution in [1.82, 2.24) is 20.2 Å². The van der Waals surface area contributed by atoms with Gasteiger partial charge in [-0.25, -0.2) is 4.68 Å². The van der Waals surface area contributed by atoms with Crippen LogP contribution >= 0.6 is 0 Å². The summed E-state index contributed by atoms with van der Waals surface area (Å²) >= 11 is 0. The Morgan fingerprint density at radius 3 is 3.07 bits per heavy atom. The number of fused-ring (bicyclic) bond motifs is 3. The maximum atomic E-state index is 5.36. The summed E-state index contributed by atoms with van der Waals surface area (Å²) in [7, 11) is 0. The van der Waals surface area contributed by atoms with Gasteiger partial charge in [0.15, 0.2) is 5.82 Å². The Bertz CT molecular complexity index is 532. The summed E-state index contributed by atoms with van der Waals surface area (Å²) in [4.78, 5) is 0. The molecule has 1 fully saturated rings. The Balaban J connectivity index is 2.01. The first-order chi connectivity index (χ1) is 7.45. The van der Waals surface area contributed by atoms with Crippen molar-refractivity contribution in [2.24, 2.45) is 0 Å². The van der Waals surface area contributed by atoms with E-state index in [-0.39, 0.29) is 12.1 Å². The molecule has 5 heteroatoms. The zero-order valence-corrected chi connectivity index (χ0v) is 7.87. The molecule has 5 nitrogen and oxygen atoms in total. The number of hydrogen-bond donors (Lipinski definition) is 0. The zero-order chi connectivity index (χ0) is 9.83. The van der Waals surface area contributed by atoms with E-state index < -0.39 is 0 Å². The predicted molar refractivity (Wildman–Crippen MR) is 51.1 cm³/mol. The van der Waals surface area contributed by atoms with Crippen molar-refractivity contribution in [1.29, 1.82) is 0 Å². The van der Waals surface area contributed by atoms with Crippen molar-refractivity contribution in [3.05, 3.63) is 29.8 Å². The predicted octanol–water partition coefficient (Wildman–Crippen LogP) is 0.642. The lowest BCUT2D eigenvalue weighted by Crippen LogP contribution is -2.13. The molecule has 2 aliphatic heterocycles. The summed E-state index contributed by atoms with van der Waals surface area (Å²) in [6.07, 6.45) is 0.246. The molecule has 1 aromatic carbocycles.